The third kappa shape index (κ3) is 4.78. The Hall–Kier alpha value is -3.68. The van der Waals surface area contributed by atoms with E-state index in [9.17, 15) is 9.59 Å². The summed E-state index contributed by atoms with van der Waals surface area (Å²) in [6.45, 7) is 5.38. The molecule has 1 aromatic heterocycles. The summed E-state index contributed by atoms with van der Waals surface area (Å²) < 4.78 is 7.52. The molecule has 1 saturated heterocycles. The Labute approximate surface area is 247 Å². The lowest BCUT2D eigenvalue weighted by Gasteiger charge is -2.58. The standard InChI is InChI=1S/C34H41N5O3/c1-34(2)23-19-24(34)21-25(20-23)35-32(40)31-30(27-15-7-9-17-29(27)42-26-13-4-3-5-14-26)36-37-39(31)33(41)38-18-10-12-22-11-6-8-16-28(22)38/h3-5,7,9,13-15,17,22-25,28H,6,8,10-12,16,18-21H2,1-2H3,(H,35,40)/t22?,23-,24+,25?,28?. The van der Waals surface area contributed by atoms with E-state index < -0.39 is 0 Å². The van der Waals surface area contributed by atoms with E-state index in [1.165, 1.54) is 17.5 Å². The monoisotopic (exact) mass is 567 g/mol. The summed E-state index contributed by atoms with van der Waals surface area (Å²) >= 11 is 0. The highest BCUT2D eigenvalue weighted by Crippen LogP contribution is 2.59. The normalized spacial score (nSPS) is 27.9. The minimum atomic E-state index is -0.292. The minimum Gasteiger partial charge on any atom is -0.457 e. The van der Waals surface area contributed by atoms with Crippen molar-refractivity contribution in [1.82, 2.24) is 25.2 Å². The first-order chi connectivity index (χ1) is 20.4. The second-order valence-electron chi connectivity index (χ2n) is 13.4. The van der Waals surface area contributed by atoms with Gasteiger partial charge in [0.25, 0.3) is 5.91 Å². The molecule has 8 heteroatoms. The van der Waals surface area contributed by atoms with Gasteiger partial charge in [-0.1, -0.05) is 62.2 Å². The molecule has 1 N–H and O–H groups in total. The van der Waals surface area contributed by atoms with Crippen LogP contribution in [0.5, 0.6) is 11.5 Å². The lowest BCUT2D eigenvalue weighted by atomic mass is 9.48. The first kappa shape index (κ1) is 27.2. The lowest BCUT2D eigenvalue weighted by molar-refractivity contribution is -0.0770. The zero-order chi connectivity index (χ0) is 28.8. The number of hydrogen-bond acceptors (Lipinski definition) is 5. The fourth-order valence-corrected chi connectivity index (χ4v) is 8.23. The fourth-order valence-electron chi connectivity index (χ4n) is 8.23. The molecule has 2 aromatic carbocycles. The van der Waals surface area contributed by atoms with Crippen molar-refractivity contribution < 1.29 is 14.3 Å². The van der Waals surface area contributed by atoms with Crippen LogP contribution in [0.2, 0.25) is 0 Å². The molecule has 42 heavy (non-hydrogen) atoms. The highest BCUT2D eigenvalue weighted by Gasteiger charge is 2.53. The number of fused-ring (bicyclic) bond motifs is 3. The third-order valence-corrected chi connectivity index (χ3v) is 10.8. The van der Waals surface area contributed by atoms with Crippen molar-refractivity contribution in [3.8, 4) is 22.8 Å². The SMILES string of the molecule is CC1(C)[C@@H]2CC(NC(=O)c3c(-c4ccccc4Oc4ccccc4)nnn3C(=O)N3CCCC4CCCCC43)C[C@H]1C2. The van der Waals surface area contributed by atoms with E-state index >= 15 is 0 Å². The number of rotatable bonds is 5. The average molecular weight is 568 g/mol. The van der Waals surface area contributed by atoms with E-state index in [2.05, 4.69) is 29.5 Å². The molecule has 8 rings (SSSR count). The van der Waals surface area contributed by atoms with Crippen LogP contribution in [0, 0.1) is 23.2 Å². The van der Waals surface area contributed by atoms with Crippen LogP contribution in [0.1, 0.15) is 82.1 Å². The molecule has 0 radical (unpaired) electrons. The average Bonchev–Trinajstić information content (AvgIpc) is 3.46. The molecular weight excluding hydrogens is 526 g/mol. The number of carbonyl (C=O) groups excluding carboxylic acids is 2. The lowest BCUT2D eigenvalue weighted by Crippen LogP contribution is -2.56. The predicted molar refractivity (Wildman–Crippen MR) is 160 cm³/mol. The number of amides is 2. The molecule has 4 saturated carbocycles. The molecule has 5 fully saturated rings. The predicted octanol–water partition coefficient (Wildman–Crippen LogP) is 6.91. The Kier molecular flexibility index (Phi) is 7.03. The van der Waals surface area contributed by atoms with E-state index in [1.807, 2.05) is 59.5 Å². The summed E-state index contributed by atoms with van der Waals surface area (Å²) in [5, 5.41) is 12.2. The number of aromatic nitrogens is 3. The molecule has 2 heterocycles. The zero-order valence-electron chi connectivity index (χ0n) is 24.7. The molecule has 220 valence electrons. The molecule has 8 nitrogen and oxygen atoms in total. The molecular formula is C34H41N5O3. The van der Waals surface area contributed by atoms with E-state index in [4.69, 9.17) is 4.74 Å². The molecule has 3 aromatic rings. The number of ether oxygens (including phenoxy) is 1. The van der Waals surface area contributed by atoms with Crippen molar-refractivity contribution in [1.29, 1.82) is 0 Å². The maximum absolute atomic E-state index is 14.2. The molecule has 5 atom stereocenters. The summed E-state index contributed by atoms with van der Waals surface area (Å²) in [7, 11) is 0. The summed E-state index contributed by atoms with van der Waals surface area (Å²) in [6.07, 6.45) is 9.83. The Morgan fingerprint density at radius 2 is 1.62 bits per heavy atom. The highest BCUT2D eigenvalue weighted by molar-refractivity contribution is 6.02. The second kappa shape index (κ2) is 10.9. The summed E-state index contributed by atoms with van der Waals surface area (Å²) in [6, 6.07) is 17.1. The van der Waals surface area contributed by atoms with Crippen LogP contribution in [0.4, 0.5) is 4.79 Å². The molecule has 1 aliphatic heterocycles. The number of benzene rings is 2. The number of carbonyl (C=O) groups is 2. The van der Waals surface area contributed by atoms with Crippen LogP contribution in [0.25, 0.3) is 11.3 Å². The summed E-state index contributed by atoms with van der Waals surface area (Å²) in [5.41, 5.74) is 1.53. The van der Waals surface area contributed by atoms with Crippen LogP contribution in [-0.4, -0.2) is 50.5 Å². The van der Waals surface area contributed by atoms with Crippen LogP contribution >= 0.6 is 0 Å². The van der Waals surface area contributed by atoms with E-state index in [-0.39, 0.29) is 29.7 Å². The zero-order valence-corrected chi connectivity index (χ0v) is 24.7. The van der Waals surface area contributed by atoms with Crippen molar-refractivity contribution in [2.75, 3.05) is 6.54 Å². The van der Waals surface area contributed by atoms with Gasteiger partial charge in [0, 0.05) is 24.2 Å². The number of nitrogens with zero attached hydrogens (tertiary/aromatic N) is 4. The van der Waals surface area contributed by atoms with Crippen molar-refractivity contribution in [2.24, 2.45) is 23.2 Å². The first-order valence-electron chi connectivity index (χ1n) is 15.8. The van der Waals surface area contributed by atoms with Gasteiger partial charge in [0.05, 0.1) is 0 Å². The van der Waals surface area contributed by atoms with Gasteiger partial charge < -0.3 is 15.0 Å². The molecule has 2 bridgehead atoms. The Balaban J connectivity index is 1.24. The molecule has 2 amide bonds. The number of nitrogens with one attached hydrogen (secondary N) is 1. The van der Waals surface area contributed by atoms with Crippen LogP contribution in [0.15, 0.2) is 54.6 Å². The highest BCUT2D eigenvalue weighted by atomic mass is 16.5. The van der Waals surface area contributed by atoms with Crippen LogP contribution in [0.3, 0.4) is 0 Å². The third-order valence-electron chi connectivity index (χ3n) is 10.8. The number of hydrogen-bond donors (Lipinski definition) is 1. The molecule has 0 spiro atoms. The molecule has 3 unspecified atom stereocenters. The summed E-state index contributed by atoms with van der Waals surface area (Å²) in [4.78, 5) is 30.4. The summed E-state index contributed by atoms with van der Waals surface area (Å²) in [5.74, 6) is 2.70. The van der Waals surface area contributed by atoms with Gasteiger partial charge in [0.15, 0.2) is 5.69 Å². The second-order valence-corrected chi connectivity index (χ2v) is 13.4. The van der Waals surface area contributed by atoms with Crippen molar-refractivity contribution >= 4 is 11.9 Å². The van der Waals surface area contributed by atoms with Crippen molar-refractivity contribution in [3.05, 3.63) is 60.3 Å². The Morgan fingerprint density at radius 3 is 2.40 bits per heavy atom. The number of likely N-dealkylation sites (tertiary alicyclic amines) is 1. The minimum absolute atomic E-state index is 0.0779. The van der Waals surface area contributed by atoms with Gasteiger partial charge in [-0.15, -0.1) is 5.10 Å². The van der Waals surface area contributed by atoms with Gasteiger partial charge in [0.2, 0.25) is 0 Å². The van der Waals surface area contributed by atoms with E-state index in [0.29, 0.717) is 52.5 Å². The van der Waals surface area contributed by atoms with Gasteiger partial charge in [-0.3, -0.25) is 4.79 Å². The first-order valence-corrected chi connectivity index (χ1v) is 15.8. The van der Waals surface area contributed by atoms with E-state index in [1.54, 1.807) is 0 Å². The quantitative estimate of drug-likeness (QED) is 0.362. The van der Waals surface area contributed by atoms with Crippen LogP contribution in [-0.2, 0) is 0 Å². The molecule has 4 aliphatic carbocycles. The number of piperidine rings is 1. The van der Waals surface area contributed by atoms with Crippen molar-refractivity contribution in [3.63, 3.8) is 0 Å². The maximum atomic E-state index is 14.2. The van der Waals surface area contributed by atoms with Crippen LogP contribution < -0.4 is 10.1 Å². The Bertz CT molecular complexity index is 1450. The fraction of sp³-hybridized carbons (Fsp3) is 0.529. The smallest absolute Gasteiger partial charge is 0.347 e. The molecule has 5 aliphatic rings. The Morgan fingerprint density at radius 1 is 0.905 bits per heavy atom. The van der Waals surface area contributed by atoms with E-state index in [0.717, 1.165) is 44.9 Å². The number of para-hydroxylation sites is 2. The van der Waals surface area contributed by atoms with Gasteiger partial charge in [-0.05, 0) is 92.4 Å². The van der Waals surface area contributed by atoms with Gasteiger partial charge in [0.1, 0.15) is 17.2 Å². The maximum Gasteiger partial charge on any atom is 0.347 e. The largest absolute Gasteiger partial charge is 0.457 e. The van der Waals surface area contributed by atoms with Gasteiger partial charge in [-0.25, -0.2) is 4.79 Å². The van der Waals surface area contributed by atoms with Crippen molar-refractivity contribution in [2.45, 2.75) is 83.7 Å². The topological polar surface area (TPSA) is 89.3 Å². The van der Waals surface area contributed by atoms with Gasteiger partial charge in [-0.2, -0.15) is 4.68 Å². The van der Waals surface area contributed by atoms with Gasteiger partial charge >= 0.3 is 6.03 Å².